The summed E-state index contributed by atoms with van der Waals surface area (Å²) in [4.78, 5) is 33.9. The van der Waals surface area contributed by atoms with E-state index in [4.69, 9.17) is 0 Å². The first-order valence-electron chi connectivity index (χ1n) is 9.38. The van der Waals surface area contributed by atoms with E-state index >= 15 is 0 Å². The van der Waals surface area contributed by atoms with Crippen molar-refractivity contribution in [3.05, 3.63) is 69.7 Å². The van der Waals surface area contributed by atoms with Crippen LogP contribution in [0.5, 0.6) is 0 Å². The Morgan fingerprint density at radius 1 is 1.36 bits per heavy atom. The third kappa shape index (κ3) is 3.78. The fourth-order valence-electron chi connectivity index (χ4n) is 3.59. The van der Waals surface area contributed by atoms with Crippen LogP contribution in [0.1, 0.15) is 30.2 Å². The summed E-state index contributed by atoms with van der Waals surface area (Å²) in [7, 11) is 0. The molecule has 1 aliphatic rings. The Morgan fingerprint density at radius 2 is 2.21 bits per heavy atom. The summed E-state index contributed by atoms with van der Waals surface area (Å²) in [6.07, 6.45) is 4.26. The number of aryl methyl sites for hydroxylation is 1. The molecule has 0 unspecified atom stereocenters. The third-order valence-electron chi connectivity index (χ3n) is 5.12. The minimum Gasteiger partial charge on any atom is -0.350 e. The van der Waals surface area contributed by atoms with E-state index in [1.54, 1.807) is 12.1 Å². The molecule has 0 saturated carbocycles. The molecule has 0 aliphatic heterocycles. The number of benzene rings is 1. The summed E-state index contributed by atoms with van der Waals surface area (Å²) in [5.74, 6) is -0.127. The Morgan fingerprint density at radius 3 is 3.04 bits per heavy atom. The van der Waals surface area contributed by atoms with Gasteiger partial charge >= 0.3 is 0 Å². The van der Waals surface area contributed by atoms with Gasteiger partial charge in [0.25, 0.3) is 5.56 Å². The molecule has 1 atom stereocenters. The first-order chi connectivity index (χ1) is 13.5. The van der Waals surface area contributed by atoms with Gasteiger partial charge in [-0.15, -0.1) is 0 Å². The van der Waals surface area contributed by atoms with Crippen molar-refractivity contribution < 1.29 is 9.18 Å². The lowest BCUT2D eigenvalue weighted by Gasteiger charge is -2.20. The Labute approximate surface area is 161 Å². The molecule has 1 N–H and O–H groups in total. The van der Waals surface area contributed by atoms with Crippen LogP contribution in [-0.4, -0.2) is 20.4 Å². The fraction of sp³-hybridized carbons (Fsp3) is 0.333. The second kappa shape index (κ2) is 7.50. The smallest absolute Gasteiger partial charge is 0.263 e. The van der Waals surface area contributed by atoms with Gasteiger partial charge in [0.05, 0.1) is 5.39 Å². The van der Waals surface area contributed by atoms with E-state index in [1.165, 1.54) is 23.0 Å². The lowest BCUT2D eigenvalue weighted by molar-refractivity contribution is -0.121. The number of hydrogen-bond donors (Lipinski definition) is 1. The van der Waals surface area contributed by atoms with Gasteiger partial charge in [-0.25, -0.2) is 14.4 Å². The standard InChI is InChI=1S/C21H21FN4O2/c1-13-5-6-18-15(7-13)9-17-20(25-18)24-12-26(21(17)28)11-19(27)23-10-14-3-2-4-16(22)8-14/h2-4,8-9,12-13H,5-7,10-11H2,1H3,(H,23,27)/t13-/m0/s1. The number of halogens is 1. The zero-order valence-electron chi connectivity index (χ0n) is 15.6. The Balaban J connectivity index is 1.53. The number of aromatic nitrogens is 3. The molecule has 0 fully saturated rings. The average molecular weight is 380 g/mol. The zero-order chi connectivity index (χ0) is 19.7. The van der Waals surface area contributed by atoms with E-state index in [9.17, 15) is 14.0 Å². The number of carbonyl (C=O) groups is 1. The van der Waals surface area contributed by atoms with Crippen molar-refractivity contribution in [3.8, 4) is 0 Å². The van der Waals surface area contributed by atoms with Crippen molar-refractivity contribution in [1.82, 2.24) is 19.9 Å². The lowest BCUT2D eigenvalue weighted by Crippen LogP contribution is -2.32. The molecule has 0 radical (unpaired) electrons. The molecule has 0 bridgehead atoms. The van der Waals surface area contributed by atoms with Crippen LogP contribution >= 0.6 is 0 Å². The van der Waals surface area contributed by atoms with E-state index in [0.29, 0.717) is 22.5 Å². The van der Waals surface area contributed by atoms with Gasteiger partial charge in [-0.05, 0) is 54.5 Å². The van der Waals surface area contributed by atoms with Crippen LogP contribution in [0.4, 0.5) is 4.39 Å². The van der Waals surface area contributed by atoms with Crippen molar-refractivity contribution in [2.75, 3.05) is 0 Å². The van der Waals surface area contributed by atoms with Crippen LogP contribution in [0.2, 0.25) is 0 Å². The van der Waals surface area contributed by atoms with Crippen LogP contribution in [-0.2, 0) is 30.7 Å². The van der Waals surface area contributed by atoms with Gasteiger partial charge in [0.1, 0.15) is 18.7 Å². The molecule has 7 heteroatoms. The normalized spacial score (nSPS) is 16.0. The number of carbonyl (C=O) groups excluding carboxylic acids is 1. The van der Waals surface area contributed by atoms with E-state index in [2.05, 4.69) is 22.2 Å². The maximum absolute atomic E-state index is 13.2. The zero-order valence-corrected chi connectivity index (χ0v) is 15.6. The average Bonchev–Trinajstić information content (AvgIpc) is 2.68. The molecule has 2 aromatic heterocycles. The summed E-state index contributed by atoms with van der Waals surface area (Å²) in [6.45, 7) is 2.24. The fourth-order valence-corrected chi connectivity index (χ4v) is 3.59. The van der Waals surface area contributed by atoms with Crippen molar-refractivity contribution in [2.24, 2.45) is 5.92 Å². The highest BCUT2D eigenvalue weighted by Crippen LogP contribution is 2.25. The molecule has 3 aromatic rings. The second-order valence-corrected chi connectivity index (χ2v) is 7.40. The van der Waals surface area contributed by atoms with E-state index in [-0.39, 0.29) is 30.4 Å². The SMILES string of the molecule is C[C@H]1CCc2nc3ncn(CC(=O)NCc4cccc(F)c4)c(=O)c3cc2C1. The largest absolute Gasteiger partial charge is 0.350 e. The minimum atomic E-state index is -0.355. The molecule has 1 amide bonds. The molecule has 28 heavy (non-hydrogen) atoms. The number of nitrogens with one attached hydrogen (secondary N) is 1. The van der Waals surface area contributed by atoms with Gasteiger partial charge in [-0.2, -0.15) is 0 Å². The molecule has 4 rings (SSSR count). The van der Waals surface area contributed by atoms with E-state index in [1.807, 2.05) is 6.07 Å². The Kier molecular flexibility index (Phi) is 4.90. The number of pyridine rings is 1. The lowest BCUT2D eigenvalue weighted by atomic mass is 9.87. The molecule has 1 aliphatic carbocycles. The monoisotopic (exact) mass is 380 g/mol. The molecule has 2 heterocycles. The van der Waals surface area contributed by atoms with Crippen LogP contribution < -0.4 is 10.9 Å². The molecule has 6 nitrogen and oxygen atoms in total. The van der Waals surface area contributed by atoms with Gasteiger partial charge < -0.3 is 5.32 Å². The first kappa shape index (κ1) is 18.3. The first-order valence-corrected chi connectivity index (χ1v) is 9.38. The summed E-state index contributed by atoms with van der Waals surface area (Å²) in [5.41, 5.74) is 2.91. The number of amides is 1. The number of fused-ring (bicyclic) bond motifs is 2. The summed E-state index contributed by atoms with van der Waals surface area (Å²) in [6, 6.07) is 7.90. The molecule has 0 saturated heterocycles. The second-order valence-electron chi connectivity index (χ2n) is 7.40. The van der Waals surface area contributed by atoms with Gasteiger partial charge in [-0.1, -0.05) is 19.1 Å². The predicted octanol–water partition coefficient (Wildman–Crippen LogP) is 2.37. The Bertz CT molecular complexity index is 1110. The highest BCUT2D eigenvalue weighted by Gasteiger charge is 2.19. The highest BCUT2D eigenvalue weighted by atomic mass is 19.1. The molecule has 0 spiro atoms. The van der Waals surface area contributed by atoms with Crippen molar-refractivity contribution >= 4 is 16.9 Å². The maximum atomic E-state index is 13.2. The van der Waals surface area contributed by atoms with Gasteiger partial charge in [0.15, 0.2) is 5.65 Å². The van der Waals surface area contributed by atoms with Gasteiger partial charge in [-0.3, -0.25) is 14.2 Å². The van der Waals surface area contributed by atoms with Gasteiger partial charge in [0, 0.05) is 12.2 Å². The highest BCUT2D eigenvalue weighted by molar-refractivity contribution is 5.77. The molecular weight excluding hydrogens is 359 g/mol. The minimum absolute atomic E-state index is 0.148. The van der Waals surface area contributed by atoms with Crippen molar-refractivity contribution in [1.29, 1.82) is 0 Å². The predicted molar refractivity (Wildman–Crippen MR) is 103 cm³/mol. The molecular formula is C21H21FN4O2. The van der Waals surface area contributed by atoms with Crippen molar-refractivity contribution in [2.45, 2.75) is 39.3 Å². The maximum Gasteiger partial charge on any atom is 0.263 e. The van der Waals surface area contributed by atoms with Crippen molar-refractivity contribution in [3.63, 3.8) is 0 Å². The molecule has 1 aromatic carbocycles. The third-order valence-corrected chi connectivity index (χ3v) is 5.12. The van der Waals surface area contributed by atoms with E-state index in [0.717, 1.165) is 30.5 Å². The number of rotatable bonds is 4. The summed E-state index contributed by atoms with van der Waals surface area (Å²) >= 11 is 0. The summed E-state index contributed by atoms with van der Waals surface area (Å²) < 4.78 is 14.5. The quantitative estimate of drug-likeness (QED) is 0.754. The summed E-state index contributed by atoms with van der Waals surface area (Å²) in [5, 5.41) is 3.14. The van der Waals surface area contributed by atoms with E-state index < -0.39 is 0 Å². The van der Waals surface area contributed by atoms with Crippen LogP contribution in [0.15, 0.2) is 41.5 Å². The Hall–Kier alpha value is -3.09. The molecule has 144 valence electrons. The van der Waals surface area contributed by atoms with Crippen LogP contribution in [0, 0.1) is 11.7 Å². The number of nitrogens with zero attached hydrogens (tertiary/aromatic N) is 3. The van der Waals surface area contributed by atoms with Crippen LogP contribution in [0.25, 0.3) is 11.0 Å². The number of hydrogen-bond acceptors (Lipinski definition) is 4. The topological polar surface area (TPSA) is 76.9 Å². The van der Waals surface area contributed by atoms with Gasteiger partial charge in [0.2, 0.25) is 5.91 Å². The van der Waals surface area contributed by atoms with Crippen LogP contribution in [0.3, 0.4) is 0 Å².